The number of carbonyl (C=O) groups excluding carboxylic acids is 1. The molecule has 0 atom stereocenters. The number of anilines is 1. The van der Waals surface area contributed by atoms with Crippen molar-refractivity contribution in [1.29, 1.82) is 0 Å². The Morgan fingerprint density at radius 1 is 1.15 bits per heavy atom. The summed E-state index contributed by atoms with van der Waals surface area (Å²) >= 11 is 6.00. The quantitative estimate of drug-likeness (QED) is 0.670. The minimum atomic E-state index is -0.348. The van der Waals surface area contributed by atoms with Crippen molar-refractivity contribution in [3.05, 3.63) is 53.2 Å². The summed E-state index contributed by atoms with van der Waals surface area (Å²) in [5.74, 6) is 0.879. The molecule has 2 aromatic rings. The monoisotopic (exact) mass is 389 g/mol. The molecule has 146 valence electrons. The van der Waals surface area contributed by atoms with Crippen molar-refractivity contribution in [2.24, 2.45) is 5.41 Å². The van der Waals surface area contributed by atoms with E-state index in [-0.39, 0.29) is 17.0 Å². The molecule has 6 heteroatoms. The van der Waals surface area contributed by atoms with Crippen LogP contribution in [0, 0.1) is 5.41 Å². The summed E-state index contributed by atoms with van der Waals surface area (Å²) in [6.45, 7) is 10.8. The van der Waals surface area contributed by atoms with Gasteiger partial charge in [0.15, 0.2) is 11.6 Å². The van der Waals surface area contributed by atoms with Crippen molar-refractivity contribution < 1.29 is 9.53 Å². The van der Waals surface area contributed by atoms with Gasteiger partial charge < -0.3 is 10.1 Å². The Labute approximate surface area is 166 Å². The van der Waals surface area contributed by atoms with E-state index in [9.17, 15) is 4.79 Å². The lowest BCUT2D eigenvalue weighted by Crippen LogP contribution is -2.47. The number of hydrogen-bond donors (Lipinski definition) is 2. The highest BCUT2D eigenvalue weighted by Gasteiger charge is 2.27. The van der Waals surface area contributed by atoms with E-state index in [0.29, 0.717) is 23.2 Å². The van der Waals surface area contributed by atoms with Gasteiger partial charge in [-0.1, -0.05) is 44.5 Å². The molecule has 0 aliphatic rings. The molecular weight excluding hydrogens is 362 g/mol. The Morgan fingerprint density at radius 2 is 1.89 bits per heavy atom. The maximum absolute atomic E-state index is 12.4. The van der Waals surface area contributed by atoms with Gasteiger partial charge in [-0.2, -0.15) is 0 Å². The van der Waals surface area contributed by atoms with Crippen LogP contribution in [0.2, 0.25) is 5.02 Å². The van der Waals surface area contributed by atoms with Gasteiger partial charge >= 0.3 is 6.03 Å². The molecule has 5 nitrogen and oxygen atoms in total. The number of halogens is 1. The van der Waals surface area contributed by atoms with Gasteiger partial charge in [0.05, 0.1) is 0 Å². The van der Waals surface area contributed by atoms with Crippen molar-refractivity contribution in [1.82, 2.24) is 10.3 Å². The highest BCUT2D eigenvalue weighted by Crippen LogP contribution is 2.27. The van der Waals surface area contributed by atoms with Crippen molar-refractivity contribution in [2.75, 3.05) is 5.32 Å². The van der Waals surface area contributed by atoms with Crippen molar-refractivity contribution in [3.63, 3.8) is 0 Å². The summed E-state index contributed by atoms with van der Waals surface area (Å²) in [6, 6.07) is 10.7. The molecule has 0 aliphatic carbocycles. The van der Waals surface area contributed by atoms with Crippen LogP contribution in [0.5, 0.6) is 5.75 Å². The van der Waals surface area contributed by atoms with Gasteiger partial charge in [0.25, 0.3) is 0 Å². The summed E-state index contributed by atoms with van der Waals surface area (Å²) in [4.78, 5) is 16.7. The second-order valence-corrected chi connectivity index (χ2v) is 8.91. The normalized spacial score (nSPS) is 11.8. The number of urea groups is 1. The van der Waals surface area contributed by atoms with Gasteiger partial charge in [-0.15, -0.1) is 0 Å². The molecule has 2 rings (SSSR count). The Bertz CT molecular complexity index is 785. The number of amides is 2. The first kappa shape index (κ1) is 21.0. The van der Waals surface area contributed by atoms with E-state index in [1.807, 2.05) is 38.1 Å². The third-order valence-corrected chi connectivity index (χ3v) is 3.95. The Kier molecular flexibility index (Phi) is 6.71. The molecule has 0 spiro atoms. The molecule has 0 aliphatic heterocycles. The average molecular weight is 390 g/mol. The van der Waals surface area contributed by atoms with Crippen LogP contribution < -0.4 is 15.4 Å². The second-order valence-electron chi connectivity index (χ2n) is 8.47. The van der Waals surface area contributed by atoms with E-state index in [1.54, 1.807) is 18.3 Å². The largest absolute Gasteiger partial charge is 0.485 e. The van der Waals surface area contributed by atoms with E-state index >= 15 is 0 Å². The number of rotatable bonds is 6. The first-order chi connectivity index (χ1) is 12.5. The number of pyridine rings is 1. The number of benzene rings is 1. The van der Waals surface area contributed by atoms with Crippen LogP contribution in [-0.4, -0.2) is 16.6 Å². The smallest absolute Gasteiger partial charge is 0.320 e. The first-order valence-electron chi connectivity index (χ1n) is 8.96. The molecule has 0 fully saturated rings. The number of carbonyl (C=O) groups is 1. The lowest BCUT2D eigenvalue weighted by molar-refractivity contribution is 0.220. The number of aromatic nitrogens is 1. The summed E-state index contributed by atoms with van der Waals surface area (Å²) in [7, 11) is 0. The van der Waals surface area contributed by atoms with Gasteiger partial charge in [0.2, 0.25) is 0 Å². The highest BCUT2D eigenvalue weighted by molar-refractivity contribution is 6.30. The van der Waals surface area contributed by atoms with Gasteiger partial charge in [0, 0.05) is 16.8 Å². The fourth-order valence-corrected chi connectivity index (χ4v) is 3.42. The summed E-state index contributed by atoms with van der Waals surface area (Å²) in [5, 5.41) is 6.45. The minimum absolute atomic E-state index is 0.104. The zero-order valence-electron chi connectivity index (χ0n) is 16.6. The zero-order valence-corrected chi connectivity index (χ0v) is 17.4. The van der Waals surface area contributed by atoms with Gasteiger partial charge in [-0.25, -0.2) is 9.78 Å². The number of ether oxygens (including phenoxy) is 1. The van der Waals surface area contributed by atoms with Crippen molar-refractivity contribution in [2.45, 2.75) is 53.2 Å². The van der Waals surface area contributed by atoms with Crippen LogP contribution >= 0.6 is 11.6 Å². The molecule has 27 heavy (non-hydrogen) atoms. The topological polar surface area (TPSA) is 63.2 Å². The van der Waals surface area contributed by atoms with Crippen LogP contribution in [0.15, 0.2) is 42.6 Å². The molecule has 0 saturated heterocycles. The summed E-state index contributed by atoms with van der Waals surface area (Å²) < 4.78 is 5.83. The fraction of sp³-hybridized carbons (Fsp3) is 0.429. The summed E-state index contributed by atoms with van der Waals surface area (Å²) in [6.07, 6.45) is 2.45. The van der Waals surface area contributed by atoms with Crippen LogP contribution in [-0.2, 0) is 6.61 Å². The molecule has 1 aromatic heterocycles. The Balaban J connectivity index is 2.01. The minimum Gasteiger partial charge on any atom is -0.485 e. The number of nitrogens with zero attached hydrogens (tertiary/aromatic N) is 1. The summed E-state index contributed by atoms with van der Waals surface area (Å²) in [5.41, 5.74) is 0.694. The van der Waals surface area contributed by atoms with E-state index in [2.05, 4.69) is 36.4 Å². The van der Waals surface area contributed by atoms with Gasteiger partial charge in [-0.3, -0.25) is 5.32 Å². The van der Waals surface area contributed by atoms with Crippen LogP contribution in [0.25, 0.3) is 0 Å². The molecule has 0 unspecified atom stereocenters. The van der Waals surface area contributed by atoms with Crippen molar-refractivity contribution >= 4 is 23.4 Å². The first-order valence-corrected chi connectivity index (χ1v) is 9.33. The van der Waals surface area contributed by atoms with Gasteiger partial charge in [0.1, 0.15) is 6.61 Å². The molecule has 0 bridgehead atoms. The Morgan fingerprint density at radius 3 is 2.56 bits per heavy atom. The maximum atomic E-state index is 12.4. The van der Waals surface area contributed by atoms with Crippen molar-refractivity contribution in [3.8, 4) is 5.75 Å². The molecule has 0 saturated carbocycles. The van der Waals surface area contributed by atoms with Crippen LogP contribution in [0.4, 0.5) is 10.6 Å². The maximum Gasteiger partial charge on any atom is 0.320 e. The standard InChI is InChI=1S/C21H28ClN3O2/c1-20(2,3)14-21(4,5)25-19(26)24-18-17(10-7-11-23-18)27-13-15-8-6-9-16(22)12-15/h6-12H,13-14H2,1-5H3,(H2,23,24,25,26). The molecule has 0 radical (unpaired) electrons. The van der Waals surface area contributed by atoms with E-state index < -0.39 is 0 Å². The Hall–Kier alpha value is -2.27. The van der Waals surface area contributed by atoms with Gasteiger partial charge in [-0.05, 0) is 55.5 Å². The van der Waals surface area contributed by atoms with Crippen LogP contribution in [0.1, 0.15) is 46.6 Å². The third kappa shape index (κ3) is 7.47. The SMILES string of the molecule is CC(C)(C)CC(C)(C)NC(=O)Nc1ncccc1OCc1cccc(Cl)c1. The molecule has 2 N–H and O–H groups in total. The average Bonchev–Trinajstić information content (AvgIpc) is 2.51. The molecular formula is C21H28ClN3O2. The second kappa shape index (κ2) is 8.61. The van der Waals surface area contributed by atoms with E-state index in [1.165, 1.54) is 0 Å². The molecule has 1 aromatic carbocycles. The number of nitrogens with one attached hydrogen (secondary N) is 2. The number of hydrogen-bond acceptors (Lipinski definition) is 3. The fourth-order valence-electron chi connectivity index (χ4n) is 3.20. The van der Waals surface area contributed by atoms with E-state index in [0.717, 1.165) is 12.0 Å². The predicted molar refractivity (Wildman–Crippen MR) is 110 cm³/mol. The van der Waals surface area contributed by atoms with Crippen LogP contribution in [0.3, 0.4) is 0 Å². The zero-order chi connectivity index (χ0) is 20.1. The lowest BCUT2D eigenvalue weighted by Gasteiger charge is -2.33. The predicted octanol–water partition coefficient (Wildman–Crippen LogP) is 5.65. The third-order valence-electron chi connectivity index (χ3n) is 3.71. The molecule has 2 amide bonds. The van der Waals surface area contributed by atoms with E-state index in [4.69, 9.17) is 16.3 Å². The highest BCUT2D eigenvalue weighted by atomic mass is 35.5. The molecule has 1 heterocycles. The lowest BCUT2D eigenvalue weighted by atomic mass is 9.82.